The van der Waals surface area contributed by atoms with E-state index in [9.17, 15) is 0 Å². The summed E-state index contributed by atoms with van der Waals surface area (Å²) < 4.78 is 0. The zero-order chi connectivity index (χ0) is 14.7. The smallest absolute Gasteiger partial charge is 0.183 e. The minimum absolute atomic E-state index is 0.701. The molecular weight excluding hydrogens is 284 g/mol. The van der Waals surface area contributed by atoms with Crippen LogP contribution in [0.5, 0.6) is 0 Å². The van der Waals surface area contributed by atoms with Gasteiger partial charge in [0.25, 0.3) is 0 Å². The molecule has 106 valence electrons. The quantitative estimate of drug-likeness (QED) is 0.764. The van der Waals surface area contributed by atoms with Crippen LogP contribution in [-0.2, 0) is 6.54 Å². The summed E-state index contributed by atoms with van der Waals surface area (Å²) in [6.45, 7) is 2.61. The fourth-order valence-corrected chi connectivity index (χ4v) is 2.22. The van der Waals surface area contributed by atoms with E-state index in [0.29, 0.717) is 5.82 Å². The van der Waals surface area contributed by atoms with Crippen molar-refractivity contribution >= 4 is 17.3 Å². The number of aromatic nitrogens is 3. The van der Waals surface area contributed by atoms with Crippen LogP contribution in [0.3, 0.4) is 0 Å². The highest BCUT2D eigenvalue weighted by Crippen LogP contribution is 2.25. The molecule has 2 aromatic carbocycles. The lowest BCUT2D eigenvalue weighted by molar-refractivity contribution is 1.04. The fraction of sp³-hybridized carbons (Fsp3) is 0.125. The molecule has 0 aliphatic rings. The van der Waals surface area contributed by atoms with Gasteiger partial charge in [-0.15, -0.1) is 0 Å². The van der Waals surface area contributed by atoms with Gasteiger partial charge in [-0.3, -0.25) is 5.10 Å². The molecule has 0 saturated carbocycles. The van der Waals surface area contributed by atoms with Crippen molar-refractivity contribution in [2.75, 3.05) is 5.32 Å². The molecule has 3 aromatic rings. The van der Waals surface area contributed by atoms with E-state index in [2.05, 4.69) is 20.5 Å². The molecule has 0 unspecified atom stereocenters. The highest BCUT2D eigenvalue weighted by atomic mass is 35.5. The van der Waals surface area contributed by atoms with Crippen LogP contribution < -0.4 is 5.32 Å². The predicted octanol–water partition coefficient (Wildman–Crippen LogP) is 4.05. The molecule has 0 saturated heterocycles. The molecule has 0 amide bonds. The maximum atomic E-state index is 5.90. The Morgan fingerprint density at radius 3 is 2.57 bits per heavy atom. The lowest BCUT2D eigenvalue weighted by Crippen LogP contribution is -2.01. The first-order valence-corrected chi connectivity index (χ1v) is 7.07. The van der Waals surface area contributed by atoms with Gasteiger partial charge in [0.15, 0.2) is 5.82 Å². The monoisotopic (exact) mass is 298 g/mol. The van der Waals surface area contributed by atoms with Crippen LogP contribution in [0.1, 0.15) is 11.4 Å². The summed E-state index contributed by atoms with van der Waals surface area (Å²) in [7, 11) is 0. The van der Waals surface area contributed by atoms with Gasteiger partial charge in [0.2, 0.25) is 0 Å². The van der Waals surface area contributed by atoms with E-state index >= 15 is 0 Å². The van der Waals surface area contributed by atoms with Crippen LogP contribution in [0.4, 0.5) is 5.69 Å². The number of benzene rings is 2. The van der Waals surface area contributed by atoms with Crippen molar-refractivity contribution < 1.29 is 0 Å². The third-order valence-electron chi connectivity index (χ3n) is 3.16. The van der Waals surface area contributed by atoms with Gasteiger partial charge < -0.3 is 5.32 Å². The SMILES string of the molecule is Cc1nc(-c2ccccc2NCc2ccc(Cl)cc2)n[nH]1. The van der Waals surface area contributed by atoms with Crippen molar-refractivity contribution in [1.29, 1.82) is 0 Å². The average Bonchev–Trinajstić information content (AvgIpc) is 2.93. The van der Waals surface area contributed by atoms with Crippen LogP contribution in [0, 0.1) is 6.92 Å². The van der Waals surface area contributed by atoms with Crippen LogP contribution in [0.2, 0.25) is 5.02 Å². The van der Waals surface area contributed by atoms with Crippen LogP contribution in [0.15, 0.2) is 48.5 Å². The van der Waals surface area contributed by atoms with Crippen molar-refractivity contribution in [3.8, 4) is 11.4 Å². The molecule has 0 aliphatic carbocycles. The van der Waals surface area contributed by atoms with E-state index < -0.39 is 0 Å². The Morgan fingerprint density at radius 1 is 1.10 bits per heavy atom. The number of nitrogens with one attached hydrogen (secondary N) is 2. The number of aromatic amines is 1. The lowest BCUT2D eigenvalue weighted by atomic mass is 10.1. The number of aryl methyl sites for hydroxylation is 1. The third-order valence-corrected chi connectivity index (χ3v) is 3.41. The van der Waals surface area contributed by atoms with Gasteiger partial charge in [-0.25, -0.2) is 4.98 Å². The van der Waals surface area contributed by atoms with E-state index in [4.69, 9.17) is 11.6 Å². The molecular formula is C16H15ClN4. The lowest BCUT2D eigenvalue weighted by Gasteiger charge is -2.10. The Bertz CT molecular complexity index is 734. The number of nitrogens with zero attached hydrogens (tertiary/aromatic N) is 2. The Kier molecular flexibility index (Phi) is 3.88. The average molecular weight is 299 g/mol. The molecule has 3 rings (SSSR count). The maximum Gasteiger partial charge on any atom is 0.183 e. The number of rotatable bonds is 4. The fourth-order valence-electron chi connectivity index (χ4n) is 2.09. The zero-order valence-corrected chi connectivity index (χ0v) is 12.4. The van der Waals surface area contributed by atoms with E-state index in [0.717, 1.165) is 28.6 Å². The topological polar surface area (TPSA) is 53.6 Å². The van der Waals surface area contributed by atoms with Gasteiger partial charge in [0.05, 0.1) is 0 Å². The number of para-hydroxylation sites is 1. The minimum atomic E-state index is 0.701. The highest BCUT2D eigenvalue weighted by molar-refractivity contribution is 6.30. The van der Waals surface area contributed by atoms with Crippen molar-refractivity contribution in [2.24, 2.45) is 0 Å². The summed E-state index contributed by atoms with van der Waals surface area (Å²) in [6.07, 6.45) is 0. The first kappa shape index (κ1) is 13.6. The number of anilines is 1. The second-order valence-electron chi connectivity index (χ2n) is 4.77. The molecule has 5 heteroatoms. The standard InChI is InChI=1S/C16H15ClN4/c1-11-19-16(21-20-11)14-4-2-3-5-15(14)18-10-12-6-8-13(17)9-7-12/h2-9,18H,10H2,1H3,(H,19,20,21). The molecule has 1 heterocycles. The Labute approximate surface area is 128 Å². The minimum Gasteiger partial charge on any atom is -0.380 e. The Balaban J connectivity index is 1.81. The predicted molar refractivity (Wildman–Crippen MR) is 85.3 cm³/mol. The first-order chi connectivity index (χ1) is 10.2. The zero-order valence-electron chi connectivity index (χ0n) is 11.6. The molecule has 21 heavy (non-hydrogen) atoms. The first-order valence-electron chi connectivity index (χ1n) is 6.69. The molecule has 1 aromatic heterocycles. The summed E-state index contributed by atoms with van der Waals surface area (Å²) in [5, 5.41) is 11.3. The second-order valence-corrected chi connectivity index (χ2v) is 5.21. The van der Waals surface area contributed by atoms with E-state index in [1.54, 1.807) is 0 Å². The van der Waals surface area contributed by atoms with Gasteiger partial charge >= 0.3 is 0 Å². The summed E-state index contributed by atoms with van der Waals surface area (Å²) in [5.74, 6) is 1.50. The number of hydrogen-bond acceptors (Lipinski definition) is 3. The summed E-state index contributed by atoms with van der Waals surface area (Å²) in [5.41, 5.74) is 3.16. The molecule has 0 bridgehead atoms. The van der Waals surface area contributed by atoms with Gasteiger partial charge in [0, 0.05) is 22.8 Å². The molecule has 2 N–H and O–H groups in total. The van der Waals surface area contributed by atoms with E-state index in [1.165, 1.54) is 5.56 Å². The van der Waals surface area contributed by atoms with Gasteiger partial charge in [0.1, 0.15) is 5.82 Å². The third kappa shape index (κ3) is 3.23. The van der Waals surface area contributed by atoms with E-state index in [1.807, 2.05) is 55.5 Å². The normalized spacial score (nSPS) is 10.6. The summed E-state index contributed by atoms with van der Waals surface area (Å²) in [6, 6.07) is 15.8. The number of hydrogen-bond donors (Lipinski definition) is 2. The molecule has 0 atom stereocenters. The molecule has 0 aliphatic heterocycles. The summed E-state index contributed by atoms with van der Waals surface area (Å²) in [4.78, 5) is 4.38. The van der Waals surface area contributed by atoms with Crippen LogP contribution in [-0.4, -0.2) is 15.2 Å². The highest BCUT2D eigenvalue weighted by Gasteiger charge is 2.08. The molecule has 0 spiro atoms. The van der Waals surface area contributed by atoms with Crippen molar-refractivity contribution in [3.05, 3.63) is 64.9 Å². The number of halogens is 1. The van der Waals surface area contributed by atoms with Gasteiger partial charge in [-0.2, -0.15) is 5.10 Å². The Morgan fingerprint density at radius 2 is 1.86 bits per heavy atom. The van der Waals surface area contributed by atoms with E-state index in [-0.39, 0.29) is 0 Å². The Hall–Kier alpha value is -2.33. The van der Waals surface area contributed by atoms with Crippen molar-refractivity contribution in [1.82, 2.24) is 15.2 Å². The van der Waals surface area contributed by atoms with Crippen molar-refractivity contribution in [3.63, 3.8) is 0 Å². The second kappa shape index (κ2) is 5.97. The van der Waals surface area contributed by atoms with Crippen LogP contribution >= 0.6 is 11.6 Å². The largest absolute Gasteiger partial charge is 0.380 e. The molecule has 0 radical (unpaired) electrons. The maximum absolute atomic E-state index is 5.90. The van der Waals surface area contributed by atoms with Gasteiger partial charge in [-0.1, -0.05) is 35.9 Å². The molecule has 0 fully saturated rings. The molecule has 4 nitrogen and oxygen atoms in total. The van der Waals surface area contributed by atoms with Gasteiger partial charge in [-0.05, 0) is 36.8 Å². The van der Waals surface area contributed by atoms with Crippen LogP contribution in [0.25, 0.3) is 11.4 Å². The van der Waals surface area contributed by atoms with Crippen molar-refractivity contribution in [2.45, 2.75) is 13.5 Å². The number of H-pyrrole nitrogens is 1. The summed E-state index contributed by atoms with van der Waals surface area (Å²) >= 11 is 5.90.